The lowest BCUT2D eigenvalue weighted by Gasteiger charge is -2.48. The van der Waals surface area contributed by atoms with E-state index in [-0.39, 0.29) is 24.0 Å². The third-order valence-electron chi connectivity index (χ3n) is 5.39. The van der Waals surface area contributed by atoms with E-state index in [1.165, 1.54) is 0 Å². The van der Waals surface area contributed by atoms with E-state index in [4.69, 9.17) is 0 Å². The van der Waals surface area contributed by atoms with Crippen LogP contribution in [-0.2, 0) is 17.8 Å². The van der Waals surface area contributed by atoms with Gasteiger partial charge < -0.3 is 20.2 Å². The maximum atomic E-state index is 12.6. The van der Waals surface area contributed by atoms with E-state index in [1.54, 1.807) is 16.2 Å². The van der Waals surface area contributed by atoms with Crippen LogP contribution in [0.4, 0.5) is 4.79 Å². The minimum absolute atomic E-state index is 0.0145. The largest absolute Gasteiger partial charge is 0.395 e. The van der Waals surface area contributed by atoms with Crippen LogP contribution in [0.5, 0.6) is 0 Å². The molecule has 7 nitrogen and oxygen atoms in total. The average molecular weight is 381 g/mol. The maximum Gasteiger partial charge on any atom is 0.317 e. The average Bonchev–Trinajstić information content (AvgIpc) is 3.11. The zero-order chi connectivity index (χ0) is 18.6. The lowest BCUT2D eigenvalue weighted by Crippen LogP contribution is -2.56. The van der Waals surface area contributed by atoms with Crippen molar-refractivity contribution in [2.24, 2.45) is 5.41 Å². The minimum atomic E-state index is -0.0549. The smallest absolute Gasteiger partial charge is 0.317 e. The SMILES string of the molecule is CCc1nc(CNC(=O)N2CCC[C@]3(CCC(=O)N(CCO)C3)C2)cs1. The molecule has 1 spiro atoms. The zero-order valence-electron chi connectivity index (χ0n) is 15.4. The van der Waals surface area contributed by atoms with E-state index < -0.39 is 0 Å². The molecule has 26 heavy (non-hydrogen) atoms. The van der Waals surface area contributed by atoms with Gasteiger partial charge in [-0.25, -0.2) is 9.78 Å². The fourth-order valence-electron chi connectivity index (χ4n) is 4.01. The Bertz CT molecular complexity index is 650. The van der Waals surface area contributed by atoms with Gasteiger partial charge in [0.15, 0.2) is 0 Å². The molecule has 144 valence electrons. The van der Waals surface area contributed by atoms with Gasteiger partial charge in [0.1, 0.15) is 0 Å². The van der Waals surface area contributed by atoms with Crippen LogP contribution in [0, 0.1) is 5.41 Å². The summed E-state index contributed by atoms with van der Waals surface area (Å²) in [6.07, 6.45) is 4.22. The Balaban J connectivity index is 1.57. The molecule has 2 aliphatic heterocycles. The quantitative estimate of drug-likeness (QED) is 0.813. The first-order valence-corrected chi connectivity index (χ1v) is 10.3. The van der Waals surface area contributed by atoms with E-state index >= 15 is 0 Å². The molecule has 0 radical (unpaired) electrons. The second-order valence-electron chi connectivity index (χ2n) is 7.31. The highest BCUT2D eigenvalue weighted by molar-refractivity contribution is 7.09. The summed E-state index contributed by atoms with van der Waals surface area (Å²) in [6, 6.07) is -0.0549. The number of piperidine rings is 2. The number of aliphatic hydroxyl groups is 1. The van der Waals surface area contributed by atoms with E-state index in [2.05, 4.69) is 17.2 Å². The van der Waals surface area contributed by atoms with Crippen molar-refractivity contribution in [2.75, 3.05) is 32.8 Å². The number of carbonyl (C=O) groups is 2. The van der Waals surface area contributed by atoms with Gasteiger partial charge in [0.05, 0.1) is 23.9 Å². The molecular formula is C18H28N4O3S. The van der Waals surface area contributed by atoms with Gasteiger partial charge in [0, 0.05) is 43.4 Å². The molecule has 3 heterocycles. The molecule has 2 fully saturated rings. The summed E-state index contributed by atoms with van der Waals surface area (Å²) in [5.74, 6) is 0.113. The molecule has 1 aromatic rings. The van der Waals surface area contributed by atoms with Crippen molar-refractivity contribution >= 4 is 23.3 Å². The van der Waals surface area contributed by atoms with Crippen LogP contribution in [0.25, 0.3) is 0 Å². The fourth-order valence-corrected chi connectivity index (χ4v) is 4.76. The van der Waals surface area contributed by atoms with Gasteiger partial charge in [-0.05, 0) is 25.7 Å². The molecule has 0 aromatic carbocycles. The number of hydrogen-bond acceptors (Lipinski definition) is 5. The summed E-state index contributed by atoms with van der Waals surface area (Å²) in [7, 11) is 0. The molecule has 3 rings (SSSR count). The predicted octanol–water partition coefficient (Wildman–Crippen LogP) is 1.61. The van der Waals surface area contributed by atoms with E-state index in [1.807, 2.05) is 10.3 Å². The molecular weight excluding hydrogens is 352 g/mol. The lowest BCUT2D eigenvalue weighted by atomic mass is 9.73. The third kappa shape index (κ3) is 4.35. The number of hydrogen-bond donors (Lipinski definition) is 2. The highest BCUT2D eigenvalue weighted by Gasteiger charge is 2.42. The number of rotatable bonds is 5. The molecule has 0 unspecified atom stereocenters. The summed E-state index contributed by atoms with van der Waals surface area (Å²) in [6.45, 7) is 4.96. The Morgan fingerprint density at radius 1 is 1.42 bits per heavy atom. The number of aromatic nitrogens is 1. The van der Waals surface area contributed by atoms with Gasteiger partial charge in [-0.2, -0.15) is 0 Å². The summed E-state index contributed by atoms with van der Waals surface area (Å²) in [5.41, 5.74) is 0.874. The van der Waals surface area contributed by atoms with Crippen molar-refractivity contribution in [1.29, 1.82) is 0 Å². The van der Waals surface area contributed by atoms with Crippen molar-refractivity contribution in [1.82, 2.24) is 20.1 Å². The van der Waals surface area contributed by atoms with Gasteiger partial charge in [-0.3, -0.25) is 4.79 Å². The maximum absolute atomic E-state index is 12.6. The van der Waals surface area contributed by atoms with Crippen LogP contribution in [0.2, 0.25) is 0 Å². The van der Waals surface area contributed by atoms with E-state index in [0.29, 0.717) is 32.6 Å². The van der Waals surface area contributed by atoms with Crippen molar-refractivity contribution in [2.45, 2.75) is 45.6 Å². The molecule has 2 aliphatic rings. The number of thiazole rings is 1. The van der Waals surface area contributed by atoms with Gasteiger partial charge >= 0.3 is 6.03 Å². The van der Waals surface area contributed by atoms with Crippen molar-refractivity contribution in [3.8, 4) is 0 Å². The first kappa shape index (κ1) is 19.1. The Morgan fingerprint density at radius 3 is 3.00 bits per heavy atom. The molecule has 0 aliphatic carbocycles. The van der Waals surface area contributed by atoms with Crippen LogP contribution >= 0.6 is 11.3 Å². The number of nitrogens with one attached hydrogen (secondary N) is 1. The monoisotopic (exact) mass is 380 g/mol. The molecule has 2 N–H and O–H groups in total. The van der Waals surface area contributed by atoms with Crippen LogP contribution < -0.4 is 5.32 Å². The number of aliphatic hydroxyl groups excluding tert-OH is 1. The van der Waals surface area contributed by atoms with Gasteiger partial charge in [-0.1, -0.05) is 6.92 Å². The highest BCUT2D eigenvalue weighted by Crippen LogP contribution is 2.38. The van der Waals surface area contributed by atoms with Crippen LogP contribution in [-0.4, -0.2) is 64.6 Å². The molecule has 3 amide bonds. The van der Waals surface area contributed by atoms with Crippen molar-refractivity contribution in [3.05, 3.63) is 16.1 Å². The number of aryl methyl sites for hydroxylation is 1. The third-order valence-corrected chi connectivity index (χ3v) is 6.43. The van der Waals surface area contributed by atoms with Crippen LogP contribution in [0.15, 0.2) is 5.38 Å². The lowest BCUT2D eigenvalue weighted by molar-refractivity contribution is -0.139. The first-order valence-electron chi connectivity index (χ1n) is 9.40. The molecule has 8 heteroatoms. The Hall–Kier alpha value is -1.67. The topological polar surface area (TPSA) is 85.8 Å². The number of β-amino-alcohol motifs (C(OH)–C–C–N with tert-alkyl or cyclic N) is 1. The standard InChI is InChI=1S/C18H28N4O3S/c1-2-15-20-14(11-26-15)10-19-17(25)22-7-3-5-18(13-22)6-4-16(24)21(12-18)8-9-23/h11,23H,2-10,12-13H2,1H3,(H,19,25)/t18-/m1/s1. The summed E-state index contributed by atoms with van der Waals surface area (Å²) in [5, 5.41) is 15.3. The van der Waals surface area contributed by atoms with Gasteiger partial charge in [0.25, 0.3) is 0 Å². The molecule has 0 bridgehead atoms. The second kappa shape index (κ2) is 8.35. The van der Waals surface area contributed by atoms with Gasteiger partial charge in [-0.15, -0.1) is 11.3 Å². The highest BCUT2D eigenvalue weighted by atomic mass is 32.1. The Labute approximate surface area is 158 Å². The van der Waals surface area contributed by atoms with Crippen molar-refractivity contribution < 1.29 is 14.7 Å². The summed E-state index contributed by atoms with van der Waals surface area (Å²) in [4.78, 5) is 32.8. The number of likely N-dealkylation sites (tertiary alicyclic amines) is 2. The predicted molar refractivity (Wildman–Crippen MR) is 99.9 cm³/mol. The van der Waals surface area contributed by atoms with E-state index in [0.717, 1.165) is 42.9 Å². The normalized spacial score (nSPS) is 23.5. The van der Waals surface area contributed by atoms with E-state index in [9.17, 15) is 14.7 Å². The van der Waals surface area contributed by atoms with Crippen LogP contribution in [0.3, 0.4) is 0 Å². The van der Waals surface area contributed by atoms with Crippen molar-refractivity contribution in [3.63, 3.8) is 0 Å². The molecule has 1 aromatic heterocycles. The first-order chi connectivity index (χ1) is 12.5. The number of urea groups is 1. The molecule has 1 atom stereocenters. The second-order valence-corrected chi connectivity index (χ2v) is 8.25. The Morgan fingerprint density at radius 2 is 2.27 bits per heavy atom. The minimum Gasteiger partial charge on any atom is -0.395 e. The number of amides is 3. The Kier molecular flexibility index (Phi) is 6.13. The summed E-state index contributed by atoms with van der Waals surface area (Å²) >= 11 is 1.63. The van der Waals surface area contributed by atoms with Gasteiger partial charge in [0.2, 0.25) is 5.91 Å². The molecule has 2 saturated heterocycles. The zero-order valence-corrected chi connectivity index (χ0v) is 16.2. The van der Waals surface area contributed by atoms with Crippen LogP contribution in [0.1, 0.15) is 43.3 Å². The number of nitrogens with zero attached hydrogens (tertiary/aromatic N) is 3. The fraction of sp³-hybridized carbons (Fsp3) is 0.722. The molecule has 0 saturated carbocycles. The summed E-state index contributed by atoms with van der Waals surface area (Å²) < 4.78 is 0. The number of carbonyl (C=O) groups excluding carboxylic acids is 2.